The van der Waals surface area contributed by atoms with Crippen molar-refractivity contribution in [3.8, 4) is 5.75 Å². The number of hydrogen-bond donors (Lipinski definition) is 1. The van der Waals surface area contributed by atoms with Gasteiger partial charge in [-0.1, -0.05) is 29.3 Å². The standard InChI is InChI=1S/C17H14BrCl2NO4/c1-10-13(20)3-2-4-14(10)21-16(22)8-25-17(23)9-24-15-6-5-11(19)7-12(15)18/h2-7H,8-9H2,1H3,(H,21,22). The van der Waals surface area contributed by atoms with Gasteiger partial charge < -0.3 is 14.8 Å². The van der Waals surface area contributed by atoms with E-state index in [1.807, 2.05) is 0 Å². The summed E-state index contributed by atoms with van der Waals surface area (Å²) in [6, 6.07) is 10.0. The van der Waals surface area contributed by atoms with Gasteiger partial charge in [0, 0.05) is 15.7 Å². The average Bonchev–Trinajstić information content (AvgIpc) is 2.56. The van der Waals surface area contributed by atoms with Crippen molar-refractivity contribution in [2.75, 3.05) is 18.5 Å². The molecule has 0 spiro atoms. The van der Waals surface area contributed by atoms with E-state index in [4.69, 9.17) is 32.7 Å². The number of carbonyl (C=O) groups excluding carboxylic acids is 2. The highest BCUT2D eigenvalue weighted by Gasteiger charge is 2.11. The number of nitrogens with one attached hydrogen (secondary N) is 1. The van der Waals surface area contributed by atoms with Crippen LogP contribution in [0.3, 0.4) is 0 Å². The van der Waals surface area contributed by atoms with Crippen LogP contribution in [0.5, 0.6) is 5.75 Å². The van der Waals surface area contributed by atoms with E-state index in [0.29, 0.717) is 26.0 Å². The Kier molecular flexibility index (Phi) is 7.11. The highest BCUT2D eigenvalue weighted by Crippen LogP contribution is 2.28. The molecule has 0 unspecified atom stereocenters. The van der Waals surface area contributed by atoms with Crippen molar-refractivity contribution in [3.05, 3.63) is 56.5 Å². The Morgan fingerprint density at radius 1 is 1.16 bits per heavy atom. The molecule has 0 fully saturated rings. The second-order valence-electron chi connectivity index (χ2n) is 4.98. The van der Waals surface area contributed by atoms with E-state index in [1.54, 1.807) is 43.3 Å². The smallest absolute Gasteiger partial charge is 0.344 e. The van der Waals surface area contributed by atoms with E-state index in [-0.39, 0.29) is 6.61 Å². The lowest BCUT2D eigenvalue weighted by molar-refractivity contribution is -0.149. The van der Waals surface area contributed by atoms with Gasteiger partial charge in [0.25, 0.3) is 5.91 Å². The summed E-state index contributed by atoms with van der Waals surface area (Å²) >= 11 is 15.1. The van der Waals surface area contributed by atoms with Gasteiger partial charge in [-0.3, -0.25) is 4.79 Å². The van der Waals surface area contributed by atoms with Gasteiger partial charge in [0.1, 0.15) is 5.75 Å². The van der Waals surface area contributed by atoms with Crippen molar-refractivity contribution in [2.45, 2.75) is 6.92 Å². The van der Waals surface area contributed by atoms with E-state index in [1.165, 1.54) is 0 Å². The van der Waals surface area contributed by atoms with Crippen molar-refractivity contribution in [1.82, 2.24) is 0 Å². The van der Waals surface area contributed by atoms with Crippen LogP contribution in [0, 0.1) is 6.92 Å². The fraction of sp³-hybridized carbons (Fsp3) is 0.176. The number of benzene rings is 2. The Bertz CT molecular complexity index is 798. The first-order valence-corrected chi connectivity index (χ1v) is 8.70. The zero-order valence-corrected chi connectivity index (χ0v) is 16.2. The lowest BCUT2D eigenvalue weighted by Crippen LogP contribution is -2.24. The first kappa shape index (κ1) is 19.6. The van der Waals surface area contributed by atoms with E-state index in [2.05, 4.69) is 21.2 Å². The Morgan fingerprint density at radius 3 is 2.64 bits per heavy atom. The summed E-state index contributed by atoms with van der Waals surface area (Å²) in [6.45, 7) is 1.03. The number of hydrogen-bond acceptors (Lipinski definition) is 4. The SMILES string of the molecule is Cc1c(Cl)cccc1NC(=O)COC(=O)COc1ccc(Cl)cc1Br. The molecule has 0 saturated heterocycles. The van der Waals surface area contributed by atoms with Gasteiger partial charge in [0.05, 0.1) is 4.47 Å². The quantitative estimate of drug-likeness (QED) is 0.657. The monoisotopic (exact) mass is 445 g/mol. The number of anilines is 1. The molecule has 2 aromatic carbocycles. The van der Waals surface area contributed by atoms with Crippen LogP contribution in [0.15, 0.2) is 40.9 Å². The molecule has 0 aliphatic carbocycles. The summed E-state index contributed by atoms with van der Waals surface area (Å²) in [6.07, 6.45) is 0. The largest absolute Gasteiger partial charge is 0.481 e. The maximum atomic E-state index is 11.9. The molecule has 0 aromatic heterocycles. The minimum absolute atomic E-state index is 0.330. The zero-order valence-electron chi connectivity index (χ0n) is 13.1. The molecule has 2 rings (SSSR count). The van der Waals surface area contributed by atoms with Gasteiger partial charge in [-0.2, -0.15) is 0 Å². The molecule has 1 N–H and O–H groups in total. The summed E-state index contributed by atoms with van der Waals surface area (Å²) in [5.74, 6) is -0.688. The summed E-state index contributed by atoms with van der Waals surface area (Å²) in [7, 11) is 0. The van der Waals surface area contributed by atoms with Crippen LogP contribution in [0.25, 0.3) is 0 Å². The maximum absolute atomic E-state index is 11.9. The van der Waals surface area contributed by atoms with Gasteiger partial charge in [-0.15, -0.1) is 0 Å². The molecule has 0 radical (unpaired) electrons. The highest BCUT2D eigenvalue weighted by atomic mass is 79.9. The molecular formula is C17H14BrCl2NO4. The number of halogens is 3. The van der Waals surface area contributed by atoms with Crippen LogP contribution < -0.4 is 10.1 Å². The lowest BCUT2D eigenvalue weighted by atomic mass is 10.2. The van der Waals surface area contributed by atoms with Gasteiger partial charge in [-0.05, 0) is 58.7 Å². The number of rotatable bonds is 6. The van der Waals surface area contributed by atoms with E-state index < -0.39 is 18.5 Å². The maximum Gasteiger partial charge on any atom is 0.344 e. The molecule has 25 heavy (non-hydrogen) atoms. The molecule has 0 aliphatic heterocycles. The van der Waals surface area contributed by atoms with Gasteiger partial charge in [0.2, 0.25) is 0 Å². The molecule has 1 amide bonds. The molecule has 0 atom stereocenters. The third-order valence-electron chi connectivity index (χ3n) is 3.15. The molecular weight excluding hydrogens is 433 g/mol. The third-order valence-corrected chi connectivity index (χ3v) is 4.41. The minimum atomic E-state index is -0.667. The predicted octanol–water partition coefficient (Wildman–Crippen LogP) is 4.63. The fourth-order valence-corrected chi connectivity index (χ4v) is 2.82. The lowest BCUT2D eigenvalue weighted by Gasteiger charge is -2.11. The molecule has 0 aliphatic rings. The molecule has 0 saturated carbocycles. The summed E-state index contributed by atoms with van der Waals surface area (Å²) in [5, 5.41) is 3.71. The molecule has 8 heteroatoms. The highest BCUT2D eigenvalue weighted by molar-refractivity contribution is 9.10. The zero-order chi connectivity index (χ0) is 18.4. The predicted molar refractivity (Wildman–Crippen MR) is 100 cm³/mol. The Morgan fingerprint density at radius 2 is 1.92 bits per heavy atom. The summed E-state index contributed by atoms with van der Waals surface area (Å²) in [4.78, 5) is 23.5. The molecule has 0 bridgehead atoms. The van der Waals surface area contributed by atoms with Crippen LogP contribution >= 0.6 is 39.1 Å². The second-order valence-corrected chi connectivity index (χ2v) is 6.68. The molecule has 0 heterocycles. The molecule has 5 nitrogen and oxygen atoms in total. The van der Waals surface area contributed by atoms with Gasteiger partial charge >= 0.3 is 5.97 Å². The Labute approximate surface area is 163 Å². The number of ether oxygens (including phenoxy) is 2. The second kappa shape index (κ2) is 9.08. The van der Waals surface area contributed by atoms with Crippen molar-refractivity contribution in [3.63, 3.8) is 0 Å². The molecule has 132 valence electrons. The fourth-order valence-electron chi connectivity index (χ4n) is 1.85. The van der Waals surface area contributed by atoms with Crippen molar-refractivity contribution in [2.24, 2.45) is 0 Å². The van der Waals surface area contributed by atoms with E-state index in [0.717, 1.165) is 5.56 Å². The third kappa shape index (κ3) is 5.92. The van der Waals surface area contributed by atoms with Crippen molar-refractivity contribution >= 4 is 56.7 Å². The summed E-state index contributed by atoms with van der Waals surface area (Å²) in [5.41, 5.74) is 1.30. The number of carbonyl (C=O) groups is 2. The topological polar surface area (TPSA) is 64.6 Å². The Hall–Kier alpha value is -1.76. The number of esters is 1. The van der Waals surface area contributed by atoms with Crippen LogP contribution in [-0.2, 0) is 14.3 Å². The van der Waals surface area contributed by atoms with E-state index >= 15 is 0 Å². The van der Waals surface area contributed by atoms with Crippen LogP contribution in [0.4, 0.5) is 5.69 Å². The Balaban J connectivity index is 1.79. The average molecular weight is 447 g/mol. The van der Waals surface area contributed by atoms with Gasteiger partial charge in [-0.25, -0.2) is 4.79 Å². The first-order valence-electron chi connectivity index (χ1n) is 7.15. The molecule has 2 aromatic rings. The normalized spacial score (nSPS) is 10.2. The summed E-state index contributed by atoms with van der Waals surface area (Å²) < 4.78 is 10.8. The van der Waals surface area contributed by atoms with Crippen LogP contribution in [0.1, 0.15) is 5.56 Å². The van der Waals surface area contributed by atoms with Gasteiger partial charge in [0.15, 0.2) is 13.2 Å². The van der Waals surface area contributed by atoms with Crippen LogP contribution in [-0.4, -0.2) is 25.1 Å². The minimum Gasteiger partial charge on any atom is -0.481 e. The van der Waals surface area contributed by atoms with E-state index in [9.17, 15) is 9.59 Å². The van der Waals surface area contributed by atoms with Crippen molar-refractivity contribution < 1.29 is 19.1 Å². The van der Waals surface area contributed by atoms with Crippen LogP contribution in [0.2, 0.25) is 10.0 Å². The number of amides is 1. The first-order chi connectivity index (χ1) is 11.9. The van der Waals surface area contributed by atoms with Crippen molar-refractivity contribution in [1.29, 1.82) is 0 Å².